The summed E-state index contributed by atoms with van der Waals surface area (Å²) in [6.45, 7) is 0.259. The van der Waals surface area contributed by atoms with Gasteiger partial charge in [0.25, 0.3) is 5.91 Å². The van der Waals surface area contributed by atoms with Crippen LogP contribution in [-0.4, -0.2) is 18.0 Å². The minimum absolute atomic E-state index is 0.259. The lowest BCUT2D eigenvalue weighted by atomic mass is 10.2. The molecule has 1 aromatic carbocycles. The van der Waals surface area contributed by atoms with Crippen molar-refractivity contribution in [1.29, 1.82) is 0 Å². The molecule has 23 heavy (non-hydrogen) atoms. The minimum Gasteiger partial charge on any atom is -0.497 e. The van der Waals surface area contributed by atoms with Crippen LogP contribution in [0.25, 0.3) is 9.88 Å². The van der Waals surface area contributed by atoms with E-state index in [9.17, 15) is 4.79 Å². The number of amides is 1. The average molecular weight is 346 g/mol. The van der Waals surface area contributed by atoms with Crippen molar-refractivity contribution in [2.24, 2.45) is 5.73 Å². The maximum atomic E-state index is 11.5. The van der Waals surface area contributed by atoms with E-state index in [-0.39, 0.29) is 6.61 Å². The SMILES string of the molecule is COc1ccc(C(N)=O)c(OCc2csc(-c3cccs3)n2)c1. The van der Waals surface area contributed by atoms with Gasteiger partial charge in [-0.1, -0.05) is 6.07 Å². The number of carbonyl (C=O) groups excluding carboxylic acids is 1. The van der Waals surface area contributed by atoms with Gasteiger partial charge in [-0.3, -0.25) is 4.79 Å². The topological polar surface area (TPSA) is 74.4 Å². The molecule has 0 aliphatic carbocycles. The average Bonchev–Trinajstić information content (AvgIpc) is 3.23. The standard InChI is InChI=1S/C16H14N2O3S2/c1-20-11-4-5-12(15(17)19)13(7-11)21-8-10-9-23-16(18-10)14-3-2-6-22-14/h2-7,9H,8H2,1H3,(H2,17,19). The van der Waals surface area contributed by atoms with Crippen molar-refractivity contribution in [2.75, 3.05) is 7.11 Å². The first-order valence-corrected chi connectivity index (χ1v) is 8.52. The Hall–Kier alpha value is -2.38. The van der Waals surface area contributed by atoms with E-state index in [1.807, 2.05) is 22.9 Å². The molecule has 2 N–H and O–H groups in total. The third-order valence-electron chi connectivity index (χ3n) is 3.11. The van der Waals surface area contributed by atoms with Crippen LogP contribution in [0.5, 0.6) is 11.5 Å². The molecule has 0 aliphatic heterocycles. The van der Waals surface area contributed by atoms with Crippen LogP contribution in [0.3, 0.4) is 0 Å². The van der Waals surface area contributed by atoms with Crippen LogP contribution in [0, 0.1) is 0 Å². The van der Waals surface area contributed by atoms with E-state index in [4.69, 9.17) is 15.2 Å². The number of thiazole rings is 1. The predicted molar refractivity (Wildman–Crippen MR) is 91.3 cm³/mol. The first kappa shape index (κ1) is 15.5. The molecule has 0 spiro atoms. The smallest absolute Gasteiger partial charge is 0.252 e. The summed E-state index contributed by atoms with van der Waals surface area (Å²) in [4.78, 5) is 17.1. The van der Waals surface area contributed by atoms with Crippen molar-refractivity contribution >= 4 is 28.6 Å². The lowest BCUT2D eigenvalue weighted by molar-refractivity contribution is 0.0996. The maximum absolute atomic E-state index is 11.5. The summed E-state index contributed by atoms with van der Waals surface area (Å²) < 4.78 is 10.9. The Morgan fingerprint density at radius 3 is 2.87 bits per heavy atom. The number of hydrogen-bond donors (Lipinski definition) is 1. The van der Waals surface area contributed by atoms with Crippen LogP contribution < -0.4 is 15.2 Å². The number of primary amides is 1. The van der Waals surface area contributed by atoms with Gasteiger partial charge in [0.15, 0.2) is 0 Å². The molecule has 2 heterocycles. The zero-order valence-corrected chi connectivity index (χ0v) is 13.9. The third-order valence-corrected chi connectivity index (χ3v) is 5.04. The monoisotopic (exact) mass is 346 g/mol. The molecule has 0 saturated heterocycles. The molecule has 118 valence electrons. The first-order chi connectivity index (χ1) is 11.2. The van der Waals surface area contributed by atoms with Crippen LogP contribution in [-0.2, 0) is 6.61 Å². The van der Waals surface area contributed by atoms with Gasteiger partial charge in [-0.25, -0.2) is 4.98 Å². The highest BCUT2D eigenvalue weighted by atomic mass is 32.1. The number of methoxy groups -OCH3 is 1. The zero-order chi connectivity index (χ0) is 16.2. The predicted octanol–water partition coefficient (Wildman–Crippen LogP) is 3.56. The summed E-state index contributed by atoms with van der Waals surface area (Å²) in [5.41, 5.74) is 6.49. The molecule has 0 fully saturated rings. The molecule has 3 aromatic rings. The molecule has 1 amide bonds. The summed E-state index contributed by atoms with van der Waals surface area (Å²) in [7, 11) is 1.55. The zero-order valence-electron chi connectivity index (χ0n) is 12.3. The molecule has 0 radical (unpaired) electrons. The number of benzene rings is 1. The first-order valence-electron chi connectivity index (χ1n) is 6.76. The Labute approximate surface area is 141 Å². The summed E-state index contributed by atoms with van der Waals surface area (Å²) in [5.74, 6) is 0.449. The van der Waals surface area contributed by atoms with E-state index in [1.165, 1.54) is 0 Å². The summed E-state index contributed by atoms with van der Waals surface area (Å²) in [6.07, 6.45) is 0. The highest BCUT2D eigenvalue weighted by Gasteiger charge is 2.12. The number of rotatable bonds is 6. The largest absolute Gasteiger partial charge is 0.497 e. The fraction of sp³-hybridized carbons (Fsp3) is 0.125. The summed E-state index contributed by atoms with van der Waals surface area (Å²) >= 11 is 3.21. The number of aromatic nitrogens is 1. The second-order valence-electron chi connectivity index (χ2n) is 4.64. The van der Waals surface area contributed by atoms with E-state index in [1.54, 1.807) is 48.0 Å². The molecule has 3 rings (SSSR count). The number of hydrogen-bond acceptors (Lipinski definition) is 6. The lowest BCUT2D eigenvalue weighted by Crippen LogP contribution is -2.13. The van der Waals surface area contributed by atoms with E-state index >= 15 is 0 Å². The van der Waals surface area contributed by atoms with Crippen molar-refractivity contribution in [3.8, 4) is 21.4 Å². The van der Waals surface area contributed by atoms with Crippen LogP contribution in [0.1, 0.15) is 16.1 Å². The quantitative estimate of drug-likeness (QED) is 0.740. The minimum atomic E-state index is -0.541. The van der Waals surface area contributed by atoms with Gasteiger partial charge >= 0.3 is 0 Å². The van der Waals surface area contributed by atoms with Crippen molar-refractivity contribution in [2.45, 2.75) is 6.61 Å². The molecule has 0 bridgehead atoms. The normalized spacial score (nSPS) is 10.5. The Kier molecular flexibility index (Phi) is 4.59. The Morgan fingerprint density at radius 1 is 1.30 bits per heavy atom. The van der Waals surface area contributed by atoms with Gasteiger partial charge in [-0.05, 0) is 23.6 Å². The fourth-order valence-corrected chi connectivity index (χ4v) is 3.61. The van der Waals surface area contributed by atoms with Crippen molar-refractivity contribution < 1.29 is 14.3 Å². The van der Waals surface area contributed by atoms with Gasteiger partial charge in [0.2, 0.25) is 0 Å². The van der Waals surface area contributed by atoms with Gasteiger partial charge < -0.3 is 15.2 Å². The van der Waals surface area contributed by atoms with Crippen LogP contribution in [0.15, 0.2) is 41.1 Å². The maximum Gasteiger partial charge on any atom is 0.252 e. The van der Waals surface area contributed by atoms with Crippen LogP contribution >= 0.6 is 22.7 Å². The number of carbonyl (C=O) groups is 1. The highest BCUT2D eigenvalue weighted by Crippen LogP contribution is 2.29. The molecule has 0 atom stereocenters. The lowest BCUT2D eigenvalue weighted by Gasteiger charge is -2.10. The molecule has 7 heteroatoms. The van der Waals surface area contributed by atoms with Gasteiger partial charge in [0, 0.05) is 11.4 Å². The molecular weight excluding hydrogens is 332 g/mol. The number of nitrogens with zero attached hydrogens (tertiary/aromatic N) is 1. The Balaban J connectivity index is 1.76. The highest BCUT2D eigenvalue weighted by molar-refractivity contribution is 7.20. The number of ether oxygens (including phenoxy) is 2. The number of thiophene rings is 1. The van der Waals surface area contributed by atoms with Gasteiger partial charge in [-0.15, -0.1) is 22.7 Å². The Morgan fingerprint density at radius 2 is 2.17 bits per heavy atom. The van der Waals surface area contributed by atoms with Gasteiger partial charge in [-0.2, -0.15) is 0 Å². The van der Waals surface area contributed by atoms with E-state index in [0.29, 0.717) is 17.1 Å². The summed E-state index contributed by atoms with van der Waals surface area (Å²) in [6, 6.07) is 8.93. The summed E-state index contributed by atoms with van der Waals surface area (Å²) in [5, 5.41) is 4.92. The molecule has 2 aromatic heterocycles. The third kappa shape index (κ3) is 3.52. The van der Waals surface area contributed by atoms with Crippen LogP contribution in [0.2, 0.25) is 0 Å². The van der Waals surface area contributed by atoms with Gasteiger partial charge in [0.05, 0.1) is 23.2 Å². The van der Waals surface area contributed by atoms with Crippen molar-refractivity contribution in [3.63, 3.8) is 0 Å². The van der Waals surface area contributed by atoms with Crippen molar-refractivity contribution in [1.82, 2.24) is 4.98 Å². The number of nitrogens with two attached hydrogens (primary N) is 1. The molecular formula is C16H14N2O3S2. The molecule has 5 nitrogen and oxygen atoms in total. The fourth-order valence-electron chi connectivity index (χ4n) is 1.99. The van der Waals surface area contributed by atoms with E-state index < -0.39 is 5.91 Å². The second-order valence-corrected chi connectivity index (χ2v) is 6.44. The second kappa shape index (κ2) is 6.80. The van der Waals surface area contributed by atoms with Crippen molar-refractivity contribution in [3.05, 3.63) is 52.3 Å². The van der Waals surface area contributed by atoms with E-state index in [2.05, 4.69) is 4.98 Å². The van der Waals surface area contributed by atoms with Gasteiger partial charge in [0.1, 0.15) is 23.1 Å². The molecule has 0 unspecified atom stereocenters. The molecule has 0 saturated carbocycles. The Bertz CT molecular complexity index is 813. The molecule has 0 aliphatic rings. The van der Waals surface area contributed by atoms with E-state index in [0.717, 1.165) is 15.6 Å². The van der Waals surface area contributed by atoms with Crippen LogP contribution in [0.4, 0.5) is 0 Å².